The molecule has 0 radical (unpaired) electrons. The third-order valence-corrected chi connectivity index (χ3v) is 5.23. The van der Waals surface area contributed by atoms with Crippen molar-refractivity contribution in [3.63, 3.8) is 0 Å². The summed E-state index contributed by atoms with van der Waals surface area (Å²) in [4.78, 5) is 12.9. The minimum absolute atomic E-state index is 0.0697. The zero-order valence-electron chi connectivity index (χ0n) is 11.3. The quantitative estimate of drug-likeness (QED) is 0.505. The van der Waals surface area contributed by atoms with Crippen molar-refractivity contribution in [2.45, 2.75) is 12.5 Å². The van der Waals surface area contributed by atoms with Crippen LogP contribution in [0.3, 0.4) is 0 Å². The number of hydrogen-bond donors (Lipinski definition) is 2. The van der Waals surface area contributed by atoms with E-state index < -0.39 is 20.8 Å². The first kappa shape index (κ1) is 14.4. The van der Waals surface area contributed by atoms with Crippen molar-refractivity contribution in [3.8, 4) is 5.88 Å². The number of aromatic nitrogens is 1. The van der Waals surface area contributed by atoms with Crippen LogP contribution in [0.5, 0.6) is 5.88 Å². The predicted molar refractivity (Wildman–Crippen MR) is 78.2 cm³/mol. The van der Waals surface area contributed by atoms with E-state index in [9.17, 15) is 23.6 Å². The van der Waals surface area contributed by atoms with E-state index in [2.05, 4.69) is 15.2 Å². The van der Waals surface area contributed by atoms with Crippen molar-refractivity contribution in [3.05, 3.63) is 28.3 Å². The van der Waals surface area contributed by atoms with E-state index in [1.54, 1.807) is 0 Å². The van der Waals surface area contributed by atoms with Gasteiger partial charge in [-0.3, -0.25) is 10.1 Å². The normalized spacial score (nSPS) is 20.8. The van der Waals surface area contributed by atoms with Gasteiger partial charge >= 0.3 is 0 Å². The van der Waals surface area contributed by atoms with Gasteiger partial charge < -0.3 is 10.1 Å². The monoisotopic (exact) mass is 324 g/mol. The molecule has 0 saturated carbocycles. The molecule has 0 amide bonds. The number of aromatic hydroxyl groups is 1. The van der Waals surface area contributed by atoms with E-state index >= 15 is 0 Å². The van der Waals surface area contributed by atoms with Gasteiger partial charge in [0.05, 0.1) is 28.0 Å². The summed E-state index contributed by atoms with van der Waals surface area (Å²) in [5, 5.41) is 28.9. The highest BCUT2D eigenvalue weighted by Gasteiger charge is 2.28. The predicted octanol–water partition coefficient (Wildman–Crippen LogP) is 2.05. The topological polar surface area (TPSA) is 138 Å². The van der Waals surface area contributed by atoms with E-state index in [0.29, 0.717) is 17.3 Å². The summed E-state index contributed by atoms with van der Waals surface area (Å²) in [6, 6.07) is 3.60. The highest BCUT2D eigenvalue weighted by atomic mass is 32.2. The van der Waals surface area contributed by atoms with E-state index in [0.717, 1.165) is 0 Å². The number of fused-ring (bicyclic) bond motifs is 1. The molecule has 0 unspecified atom stereocenters. The number of H-pyrrole nitrogens is 1. The number of hydrogen-bond acceptors (Lipinski definition) is 7. The van der Waals surface area contributed by atoms with Crippen molar-refractivity contribution in [2.75, 3.05) is 11.5 Å². The number of aromatic amines is 1. The second-order valence-electron chi connectivity index (χ2n) is 5.08. The largest absolute Gasteiger partial charge is 0.493 e. The number of nitro benzene ring substituents is 1. The molecule has 3 rings (SSSR count). The van der Waals surface area contributed by atoms with Crippen molar-refractivity contribution >= 4 is 32.1 Å². The van der Waals surface area contributed by atoms with Gasteiger partial charge in [0, 0.05) is 17.5 Å². The van der Waals surface area contributed by atoms with E-state index in [4.69, 9.17) is 0 Å². The molecule has 2 heterocycles. The lowest BCUT2D eigenvalue weighted by Crippen LogP contribution is -2.06. The minimum Gasteiger partial charge on any atom is -0.493 e. The number of azo groups is 1. The molecule has 1 fully saturated rings. The Morgan fingerprint density at radius 2 is 2.18 bits per heavy atom. The third kappa shape index (κ3) is 2.64. The molecule has 0 spiro atoms. The Bertz CT molecular complexity index is 886. The number of nitro groups is 1. The fourth-order valence-electron chi connectivity index (χ4n) is 2.37. The lowest BCUT2D eigenvalue weighted by molar-refractivity contribution is -0.384. The highest BCUT2D eigenvalue weighted by Crippen LogP contribution is 2.37. The Labute approximate surface area is 124 Å². The van der Waals surface area contributed by atoms with Crippen LogP contribution in [-0.2, 0) is 9.84 Å². The third-order valence-electron chi connectivity index (χ3n) is 3.48. The fourth-order valence-corrected chi connectivity index (χ4v) is 3.99. The van der Waals surface area contributed by atoms with Crippen LogP contribution in [0, 0.1) is 10.1 Å². The highest BCUT2D eigenvalue weighted by molar-refractivity contribution is 7.91. The summed E-state index contributed by atoms with van der Waals surface area (Å²) in [5.74, 6) is -0.262. The Morgan fingerprint density at radius 1 is 1.41 bits per heavy atom. The van der Waals surface area contributed by atoms with Crippen molar-refractivity contribution in [1.29, 1.82) is 0 Å². The Morgan fingerprint density at radius 3 is 2.82 bits per heavy atom. The summed E-state index contributed by atoms with van der Waals surface area (Å²) in [5.41, 5.74) is 0.422. The molecule has 0 aliphatic carbocycles. The van der Waals surface area contributed by atoms with Crippen LogP contribution < -0.4 is 0 Å². The zero-order chi connectivity index (χ0) is 15.9. The summed E-state index contributed by atoms with van der Waals surface area (Å²) < 4.78 is 22.7. The number of non-ortho nitro benzene ring substituents is 1. The van der Waals surface area contributed by atoms with Gasteiger partial charge in [0.15, 0.2) is 15.5 Å². The van der Waals surface area contributed by atoms with Crippen LogP contribution in [0.15, 0.2) is 28.4 Å². The second kappa shape index (κ2) is 5.05. The molecule has 2 N–H and O–H groups in total. The standard InChI is InChI=1S/C12H12N4O5S/c17-12-11(15-14-7-3-4-22(20,21)6-7)9-5-8(16(18)19)1-2-10(9)13-12/h1-2,5,7,13,17H,3-4,6H2/t7-/m1/s1. The van der Waals surface area contributed by atoms with Gasteiger partial charge in [0.25, 0.3) is 5.69 Å². The van der Waals surface area contributed by atoms with Crippen LogP contribution in [0.4, 0.5) is 11.4 Å². The molecule has 0 bridgehead atoms. The average molecular weight is 324 g/mol. The van der Waals surface area contributed by atoms with Crippen molar-refractivity contribution < 1.29 is 18.4 Å². The Balaban J connectivity index is 1.97. The molecule has 2 aromatic rings. The molecule has 116 valence electrons. The molecule has 1 saturated heterocycles. The van der Waals surface area contributed by atoms with Crippen LogP contribution in [0.2, 0.25) is 0 Å². The van der Waals surface area contributed by atoms with Crippen LogP contribution >= 0.6 is 0 Å². The summed E-state index contributed by atoms with van der Waals surface area (Å²) in [7, 11) is -3.07. The fraction of sp³-hybridized carbons (Fsp3) is 0.333. The summed E-state index contributed by atoms with van der Waals surface area (Å²) in [6.45, 7) is 0. The number of nitrogens with one attached hydrogen (secondary N) is 1. The maximum absolute atomic E-state index is 11.4. The molecule has 1 aliphatic rings. The van der Waals surface area contributed by atoms with Crippen LogP contribution in [-0.4, -0.2) is 41.0 Å². The lowest BCUT2D eigenvalue weighted by Gasteiger charge is -1.97. The van der Waals surface area contributed by atoms with Crippen LogP contribution in [0.1, 0.15) is 6.42 Å². The molecule has 1 aromatic carbocycles. The van der Waals surface area contributed by atoms with Gasteiger partial charge in [-0.2, -0.15) is 5.11 Å². The first-order valence-corrected chi connectivity index (χ1v) is 8.28. The Hall–Kier alpha value is -2.49. The number of benzene rings is 1. The van der Waals surface area contributed by atoms with E-state index in [1.807, 2.05) is 0 Å². The first-order chi connectivity index (χ1) is 10.4. The molecule has 10 heteroatoms. The molecule has 1 aromatic heterocycles. The van der Waals surface area contributed by atoms with Gasteiger partial charge in [0.1, 0.15) is 0 Å². The lowest BCUT2D eigenvalue weighted by atomic mass is 10.2. The molecular formula is C12H12N4O5S. The van der Waals surface area contributed by atoms with Gasteiger partial charge in [0.2, 0.25) is 5.88 Å². The molecular weight excluding hydrogens is 312 g/mol. The minimum atomic E-state index is -3.07. The number of nitrogens with zero attached hydrogens (tertiary/aromatic N) is 3. The average Bonchev–Trinajstić information content (AvgIpc) is 2.94. The molecule has 1 atom stereocenters. The Kier molecular flexibility index (Phi) is 3.32. The van der Waals surface area contributed by atoms with Gasteiger partial charge in [-0.05, 0) is 12.5 Å². The number of sulfone groups is 1. The summed E-state index contributed by atoms with van der Waals surface area (Å²) >= 11 is 0. The zero-order valence-corrected chi connectivity index (χ0v) is 12.1. The molecule has 9 nitrogen and oxygen atoms in total. The first-order valence-electron chi connectivity index (χ1n) is 6.46. The molecule has 22 heavy (non-hydrogen) atoms. The van der Waals surface area contributed by atoms with Crippen molar-refractivity contribution in [1.82, 2.24) is 4.98 Å². The maximum Gasteiger partial charge on any atom is 0.270 e. The van der Waals surface area contributed by atoms with Gasteiger partial charge in [-0.1, -0.05) is 0 Å². The van der Waals surface area contributed by atoms with Crippen molar-refractivity contribution in [2.24, 2.45) is 10.2 Å². The maximum atomic E-state index is 11.4. The second-order valence-corrected chi connectivity index (χ2v) is 7.31. The smallest absolute Gasteiger partial charge is 0.270 e. The molecule has 1 aliphatic heterocycles. The summed E-state index contributed by atoms with van der Waals surface area (Å²) in [6.07, 6.45) is 0.384. The number of rotatable bonds is 3. The van der Waals surface area contributed by atoms with Gasteiger partial charge in [-0.25, -0.2) is 8.42 Å². The van der Waals surface area contributed by atoms with E-state index in [-0.39, 0.29) is 28.8 Å². The van der Waals surface area contributed by atoms with Crippen LogP contribution in [0.25, 0.3) is 10.9 Å². The van der Waals surface area contributed by atoms with E-state index in [1.165, 1.54) is 18.2 Å². The SMILES string of the molecule is O=[N+]([O-])c1ccc2[nH]c(O)c(N=N[C@@H]3CCS(=O)(=O)C3)c2c1. The van der Waals surface area contributed by atoms with Gasteiger partial charge in [-0.15, -0.1) is 5.11 Å².